The van der Waals surface area contributed by atoms with E-state index in [0.29, 0.717) is 18.0 Å². The Morgan fingerprint density at radius 3 is 2.29 bits per heavy atom. The van der Waals surface area contributed by atoms with Gasteiger partial charge < -0.3 is 10.6 Å². The van der Waals surface area contributed by atoms with E-state index < -0.39 is 0 Å². The minimum Gasteiger partial charge on any atom is -0.370 e. The highest BCUT2D eigenvalue weighted by molar-refractivity contribution is 14.0. The van der Waals surface area contributed by atoms with Crippen molar-refractivity contribution in [2.24, 2.45) is 10.7 Å². The van der Waals surface area contributed by atoms with E-state index in [-0.39, 0.29) is 24.0 Å². The number of hydrogen-bond acceptors (Lipinski definition) is 2. The minimum atomic E-state index is 0. The summed E-state index contributed by atoms with van der Waals surface area (Å²) in [7, 11) is 2.04. The fourth-order valence-electron chi connectivity index (χ4n) is 1.95. The third-order valence-electron chi connectivity index (χ3n) is 3.41. The number of guanidine groups is 1. The highest BCUT2D eigenvalue weighted by Gasteiger charge is 2.27. The Kier molecular flexibility index (Phi) is 8.11. The Morgan fingerprint density at radius 1 is 1.35 bits per heavy atom. The zero-order valence-electron chi connectivity index (χ0n) is 11.5. The first-order valence-corrected chi connectivity index (χ1v) is 6.36. The largest absolute Gasteiger partial charge is 0.370 e. The summed E-state index contributed by atoms with van der Waals surface area (Å²) >= 11 is 0. The lowest BCUT2D eigenvalue weighted by Crippen LogP contribution is -2.39. The van der Waals surface area contributed by atoms with E-state index in [2.05, 4.69) is 35.6 Å². The predicted molar refractivity (Wildman–Crippen MR) is 85.1 cm³/mol. The molecule has 2 N–H and O–H groups in total. The lowest BCUT2D eigenvalue weighted by atomic mass is 10.3. The lowest BCUT2D eigenvalue weighted by Gasteiger charge is -2.25. The Balaban J connectivity index is 0.00000256. The molecule has 0 heterocycles. The monoisotopic (exact) mass is 354 g/mol. The molecule has 17 heavy (non-hydrogen) atoms. The molecule has 0 bridgehead atoms. The summed E-state index contributed by atoms with van der Waals surface area (Å²) in [6.07, 6.45) is 2.52. The first-order valence-electron chi connectivity index (χ1n) is 6.36. The van der Waals surface area contributed by atoms with Gasteiger partial charge in [-0.15, -0.1) is 24.0 Å². The van der Waals surface area contributed by atoms with Gasteiger partial charge >= 0.3 is 0 Å². The molecule has 0 spiro atoms. The van der Waals surface area contributed by atoms with Gasteiger partial charge in [0.25, 0.3) is 0 Å². The molecule has 1 rings (SSSR count). The molecule has 0 aromatic heterocycles. The van der Waals surface area contributed by atoms with Crippen molar-refractivity contribution in [3.8, 4) is 0 Å². The highest BCUT2D eigenvalue weighted by atomic mass is 127. The zero-order chi connectivity index (χ0) is 12.1. The maximum Gasteiger partial charge on any atom is 0.191 e. The van der Waals surface area contributed by atoms with Crippen molar-refractivity contribution in [1.29, 1.82) is 0 Å². The van der Waals surface area contributed by atoms with Crippen molar-refractivity contribution in [2.75, 3.05) is 26.7 Å². The molecule has 1 aliphatic carbocycles. The van der Waals surface area contributed by atoms with Gasteiger partial charge in [0.05, 0.1) is 6.54 Å². The molecule has 102 valence electrons. The second-order valence-electron chi connectivity index (χ2n) is 4.61. The van der Waals surface area contributed by atoms with Crippen molar-refractivity contribution in [3.05, 3.63) is 0 Å². The molecule has 0 amide bonds. The zero-order valence-corrected chi connectivity index (χ0v) is 13.8. The van der Waals surface area contributed by atoms with Gasteiger partial charge in [0.15, 0.2) is 5.96 Å². The average molecular weight is 354 g/mol. The second-order valence-corrected chi connectivity index (χ2v) is 4.61. The van der Waals surface area contributed by atoms with Crippen LogP contribution in [0.2, 0.25) is 0 Å². The molecule has 1 saturated carbocycles. The average Bonchev–Trinajstić information content (AvgIpc) is 3.10. The van der Waals surface area contributed by atoms with E-state index in [0.717, 1.165) is 19.6 Å². The van der Waals surface area contributed by atoms with E-state index in [4.69, 9.17) is 5.73 Å². The Labute approximate surface area is 123 Å². The molecular weight excluding hydrogens is 327 g/mol. The van der Waals surface area contributed by atoms with Crippen LogP contribution < -0.4 is 5.73 Å². The van der Waals surface area contributed by atoms with Crippen molar-refractivity contribution in [1.82, 2.24) is 9.80 Å². The van der Waals surface area contributed by atoms with Crippen molar-refractivity contribution in [2.45, 2.75) is 45.7 Å². The van der Waals surface area contributed by atoms with Gasteiger partial charge in [-0.1, -0.05) is 13.8 Å². The maximum atomic E-state index is 5.95. The molecule has 0 saturated heterocycles. The summed E-state index contributed by atoms with van der Waals surface area (Å²) in [5.74, 6) is 0.696. The van der Waals surface area contributed by atoms with Crippen LogP contribution in [0.5, 0.6) is 0 Å². The third-order valence-corrected chi connectivity index (χ3v) is 3.41. The van der Waals surface area contributed by atoms with Crippen LogP contribution in [0.15, 0.2) is 4.99 Å². The summed E-state index contributed by atoms with van der Waals surface area (Å²) < 4.78 is 0. The third kappa shape index (κ3) is 5.42. The SMILES string of the molecule is CCN(CC)C(C)CN=C(N)N(C)C1CC1.I. The molecule has 0 radical (unpaired) electrons. The maximum absolute atomic E-state index is 5.95. The number of halogens is 1. The number of hydrogen-bond donors (Lipinski definition) is 1. The first-order chi connectivity index (χ1) is 7.60. The van der Waals surface area contributed by atoms with Crippen molar-refractivity contribution >= 4 is 29.9 Å². The smallest absolute Gasteiger partial charge is 0.191 e. The predicted octanol–water partition coefficient (Wildman–Crippen LogP) is 1.74. The van der Waals surface area contributed by atoms with E-state index >= 15 is 0 Å². The molecule has 1 unspecified atom stereocenters. The standard InChI is InChI=1S/C12H26N4.HI/c1-5-16(6-2)10(3)9-14-12(13)15(4)11-7-8-11;/h10-11H,5-9H2,1-4H3,(H2,13,14);1H. The molecule has 0 aromatic carbocycles. The fourth-order valence-corrected chi connectivity index (χ4v) is 1.95. The van der Waals surface area contributed by atoms with Crippen LogP contribution in [0.3, 0.4) is 0 Å². The summed E-state index contributed by atoms with van der Waals surface area (Å²) in [6, 6.07) is 1.12. The van der Waals surface area contributed by atoms with Crippen LogP contribution in [0, 0.1) is 0 Å². The van der Waals surface area contributed by atoms with Crippen LogP contribution >= 0.6 is 24.0 Å². The van der Waals surface area contributed by atoms with E-state index in [9.17, 15) is 0 Å². The van der Waals surface area contributed by atoms with Crippen LogP contribution in [0.4, 0.5) is 0 Å². The number of likely N-dealkylation sites (N-methyl/N-ethyl adjacent to an activating group) is 1. The molecule has 5 heteroatoms. The number of nitrogens with two attached hydrogens (primary N) is 1. The van der Waals surface area contributed by atoms with Gasteiger partial charge in [-0.25, -0.2) is 0 Å². The van der Waals surface area contributed by atoms with E-state index in [1.807, 2.05) is 7.05 Å². The molecular formula is C12H27IN4. The first kappa shape index (κ1) is 17.0. The summed E-state index contributed by atoms with van der Waals surface area (Å²) in [5.41, 5.74) is 5.95. The molecule has 1 fully saturated rings. The molecule has 0 aromatic rings. The Hall–Kier alpha value is -0.0400. The molecule has 1 atom stereocenters. The van der Waals surface area contributed by atoms with Gasteiger partial charge in [-0.2, -0.15) is 0 Å². The number of aliphatic imine (C=N–C) groups is 1. The lowest BCUT2D eigenvalue weighted by molar-refractivity contribution is 0.236. The van der Waals surface area contributed by atoms with Crippen LogP contribution in [-0.4, -0.2) is 54.5 Å². The van der Waals surface area contributed by atoms with E-state index in [1.54, 1.807) is 0 Å². The normalized spacial score (nSPS) is 17.8. The van der Waals surface area contributed by atoms with Crippen molar-refractivity contribution < 1.29 is 0 Å². The van der Waals surface area contributed by atoms with Crippen LogP contribution in [-0.2, 0) is 0 Å². The molecule has 0 aliphatic heterocycles. The summed E-state index contributed by atoms with van der Waals surface area (Å²) in [6.45, 7) is 9.52. The van der Waals surface area contributed by atoms with Crippen LogP contribution in [0.1, 0.15) is 33.6 Å². The number of nitrogens with zero attached hydrogens (tertiary/aromatic N) is 3. The Bertz CT molecular complexity index is 237. The summed E-state index contributed by atoms with van der Waals surface area (Å²) in [5, 5.41) is 0. The van der Waals surface area contributed by atoms with Gasteiger partial charge in [-0.05, 0) is 32.9 Å². The highest BCUT2D eigenvalue weighted by Crippen LogP contribution is 2.24. The van der Waals surface area contributed by atoms with Crippen molar-refractivity contribution in [3.63, 3.8) is 0 Å². The Morgan fingerprint density at radius 2 is 1.88 bits per heavy atom. The van der Waals surface area contributed by atoms with Crippen LogP contribution in [0.25, 0.3) is 0 Å². The van der Waals surface area contributed by atoms with Gasteiger partial charge in [-0.3, -0.25) is 9.89 Å². The number of rotatable bonds is 6. The van der Waals surface area contributed by atoms with E-state index in [1.165, 1.54) is 12.8 Å². The van der Waals surface area contributed by atoms with Gasteiger partial charge in [0.1, 0.15) is 0 Å². The summed E-state index contributed by atoms with van der Waals surface area (Å²) in [4.78, 5) is 8.98. The minimum absolute atomic E-state index is 0. The quantitative estimate of drug-likeness (QED) is 0.449. The van der Waals surface area contributed by atoms with Gasteiger partial charge in [0.2, 0.25) is 0 Å². The topological polar surface area (TPSA) is 44.9 Å². The fraction of sp³-hybridized carbons (Fsp3) is 0.917. The van der Waals surface area contributed by atoms with Gasteiger partial charge in [0, 0.05) is 19.1 Å². The second kappa shape index (κ2) is 8.13. The molecule has 4 nitrogen and oxygen atoms in total. The molecule has 1 aliphatic rings.